The molecule has 0 spiro atoms. The first-order valence-corrected chi connectivity index (χ1v) is 16.9. The molecule has 0 saturated carbocycles. The van der Waals surface area contributed by atoms with Gasteiger partial charge in [0.05, 0.1) is 18.4 Å². The highest BCUT2D eigenvalue weighted by Crippen LogP contribution is 2.41. The summed E-state index contributed by atoms with van der Waals surface area (Å²) in [5.74, 6) is -3.97. The quantitative estimate of drug-likeness (QED) is 0.0617. The zero-order valence-electron chi connectivity index (χ0n) is 25.0. The van der Waals surface area contributed by atoms with Crippen LogP contribution >= 0.6 is 34.9 Å². The summed E-state index contributed by atoms with van der Waals surface area (Å²) in [5.41, 5.74) is 4.68. The maximum absolute atomic E-state index is 13.5. The van der Waals surface area contributed by atoms with Gasteiger partial charge >= 0.3 is 5.97 Å². The van der Waals surface area contributed by atoms with Crippen LogP contribution in [0, 0.1) is 0 Å². The van der Waals surface area contributed by atoms with Crippen LogP contribution in [-0.4, -0.2) is 102 Å². The summed E-state index contributed by atoms with van der Waals surface area (Å²) in [6.45, 7) is 1.71. The van der Waals surface area contributed by atoms with E-state index in [1.165, 1.54) is 28.9 Å². The molecule has 1 fully saturated rings. The van der Waals surface area contributed by atoms with E-state index in [9.17, 15) is 39.4 Å². The number of aromatic hydroxyl groups is 1. The monoisotopic (exact) mass is 703 g/mol. The number of hydrogen-bond acceptors (Lipinski definition) is 13. The van der Waals surface area contributed by atoms with Crippen molar-refractivity contribution < 1.29 is 39.2 Å². The van der Waals surface area contributed by atoms with Crippen molar-refractivity contribution in [2.75, 3.05) is 37.9 Å². The Morgan fingerprint density at radius 2 is 1.98 bits per heavy atom. The number of nitrogen functional groups attached to an aromatic ring is 1. The summed E-state index contributed by atoms with van der Waals surface area (Å²) >= 11 is 3.75. The minimum absolute atomic E-state index is 0.0263. The lowest BCUT2D eigenvalue weighted by Crippen LogP contribution is -2.71. The van der Waals surface area contributed by atoms with Gasteiger partial charge in [-0.05, 0) is 19.7 Å². The number of fused-ring (bicyclic) bond motifs is 1. The molecule has 0 bridgehead atoms. The van der Waals surface area contributed by atoms with Gasteiger partial charge in [-0.1, -0.05) is 0 Å². The highest BCUT2D eigenvalue weighted by molar-refractivity contribution is 8.01. The fourth-order valence-electron chi connectivity index (χ4n) is 4.80. The Kier molecular flexibility index (Phi) is 10.1. The number of nitrogens with one attached hydrogen (secondary N) is 2. The van der Waals surface area contributed by atoms with Gasteiger partial charge in [-0.3, -0.25) is 24.1 Å². The summed E-state index contributed by atoms with van der Waals surface area (Å²) in [6, 6.07) is 1.96. The molecule has 7 N–H and O–H groups in total. The Bertz CT molecular complexity index is 1810. The SMILES string of the molecule is CN(C)CC[n+]1ccc(SCC2=C(C(=O)O)N3C(=O)[C@@H](NC(=O)C(NC(=O)c4cc(=O)c(O)cn4O)c4csc(N)n4)[C@H]3SC2)cc1. The van der Waals surface area contributed by atoms with Crippen LogP contribution in [0.4, 0.5) is 5.13 Å². The number of nitrogens with zero attached hydrogens (tertiary/aromatic N) is 5. The molecule has 2 aliphatic rings. The van der Waals surface area contributed by atoms with Crippen molar-refractivity contribution in [3.8, 4) is 5.75 Å². The third-order valence-corrected chi connectivity index (χ3v) is 10.4. The van der Waals surface area contributed by atoms with Crippen LogP contribution in [0.5, 0.6) is 5.75 Å². The van der Waals surface area contributed by atoms with Crippen molar-refractivity contribution in [1.29, 1.82) is 0 Å². The number of pyridine rings is 2. The number of rotatable bonds is 12. The van der Waals surface area contributed by atoms with Gasteiger partial charge in [0.2, 0.25) is 11.3 Å². The molecule has 0 aromatic carbocycles. The number of hydrogen-bond donors (Lipinski definition) is 6. The van der Waals surface area contributed by atoms with Crippen LogP contribution in [0.3, 0.4) is 0 Å². The predicted molar refractivity (Wildman–Crippen MR) is 172 cm³/mol. The van der Waals surface area contributed by atoms with Gasteiger partial charge in [-0.15, -0.1) is 34.9 Å². The normalized spacial score (nSPS) is 18.0. The number of nitrogens with two attached hydrogens (primary N) is 1. The number of amides is 3. The second-order valence-corrected chi connectivity index (χ2v) is 13.8. The van der Waals surface area contributed by atoms with Crippen LogP contribution in [0.25, 0.3) is 0 Å². The van der Waals surface area contributed by atoms with E-state index in [-0.39, 0.29) is 21.3 Å². The lowest BCUT2D eigenvalue weighted by Gasteiger charge is -2.49. The number of aliphatic carboxylic acids is 1. The molecule has 248 valence electrons. The van der Waals surface area contributed by atoms with Crippen LogP contribution in [0.15, 0.2) is 63.1 Å². The minimum Gasteiger partial charge on any atom is -0.503 e. The zero-order chi connectivity index (χ0) is 34.0. The molecule has 1 saturated heterocycles. The molecular formula is C28H31N8O8S3+. The van der Waals surface area contributed by atoms with E-state index in [0.717, 1.165) is 34.2 Å². The number of carboxylic acids is 1. The molecule has 5 rings (SSSR count). The van der Waals surface area contributed by atoms with Crippen LogP contribution in [0.1, 0.15) is 22.2 Å². The number of thioether (sulfide) groups is 2. The maximum atomic E-state index is 13.5. The number of aromatic nitrogens is 3. The molecule has 5 heterocycles. The topological polar surface area (TPSA) is 224 Å². The number of likely N-dealkylation sites (N-methyl/N-ethyl adjacent to an activating group) is 1. The fraction of sp³-hybridized carbons (Fsp3) is 0.321. The van der Waals surface area contributed by atoms with Crippen molar-refractivity contribution in [2.45, 2.75) is 28.9 Å². The molecule has 19 heteroatoms. The molecule has 47 heavy (non-hydrogen) atoms. The summed E-state index contributed by atoms with van der Waals surface area (Å²) in [5, 5.41) is 35.3. The zero-order valence-corrected chi connectivity index (χ0v) is 27.5. The highest BCUT2D eigenvalue weighted by Gasteiger charge is 2.54. The van der Waals surface area contributed by atoms with Gasteiger partial charge in [0.25, 0.3) is 11.8 Å². The Labute approximate surface area is 279 Å². The number of carboxylic acid groups (broad SMARTS) is 1. The Hall–Kier alpha value is -4.59. The van der Waals surface area contributed by atoms with Gasteiger partial charge in [-0.25, -0.2) is 14.3 Å². The molecule has 3 amide bonds. The van der Waals surface area contributed by atoms with Crippen molar-refractivity contribution in [1.82, 2.24) is 30.1 Å². The standard InChI is InChI=1S/C28H30N8O8S3/c1-33(2)7-8-34-5-3-15(4-6-34)45-11-14-12-46-26-21(25(41)36(26)22(14)27(42)43)32-24(40)20(16-13-47-28(29)30-16)31-23(39)17-9-18(37)19(38)10-35(17)44/h3-6,9-10,13,20-21,26,44H,7-8,11-12H2,1-2H3,(H5-,29,30,31,32,38,39,40,42,43)/p+1/t20?,21-,26-/m1/s1. The molecular weight excluding hydrogens is 673 g/mol. The fourth-order valence-corrected chi connectivity index (χ4v) is 7.76. The van der Waals surface area contributed by atoms with Gasteiger partial charge in [0, 0.05) is 40.0 Å². The first-order valence-electron chi connectivity index (χ1n) is 14.0. The van der Waals surface area contributed by atoms with Gasteiger partial charge < -0.3 is 36.7 Å². The van der Waals surface area contributed by atoms with E-state index in [1.807, 2.05) is 38.6 Å². The Morgan fingerprint density at radius 3 is 2.62 bits per heavy atom. The number of anilines is 1. The molecule has 2 aliphatic heterocycles. The predicted octanol–water partition coefficient (Wildman–Crippen LogP) is -0.319. The van der Waals surface area contributed by atoms with Crippen LogP contribution in [-0.2, 0) is 20.9 Å². The lowest BCUT2D eigenvalue weighted by atomic mass is 10.0. The Morgan fingerprint density at radius 1 is 1.26 bits per heavy atom. The molecule has 0 aliphatic carbocycles. The van der Waals surface area contributed by atoms with E-state index >= 15 is 0 Å². The first kappa shape index (κ1) is 33.8. The van der Waals surface area contributed by atoms with Gasteiger partial charge in [-0.2, -0.15) is 4.73 Å². The third-order valence-electron chi connectivity index (χ3n) is 7.24. The summed E-state index contributed by atoms with van der Waals surface area (Å²) in [6.07, 6.45) is 4.54. The number of carbonyl (C=O) groups is 4. The van der Waals surface area contributed by atoms with Gasteiger partial charge in [0.1, 0.15) is 22.8 Å². The second-order valence-electron chi connectivity index (χ2n) is 10.8. The lowest BCUT2D eigenvalue weighted by molar-refractivity contribution is -0.696. The highest BCUT2D eigenvalue weighted by atomic mass is 32.2. The van der Waals surface area contributed by atoms with Gasteiger partial charge in [0.15, 0.2) is 35.9 Å². The molecule has 3 aromatic heterocycles. The number of thiazole rings is 1. The Balaban J connectivity index is 1.28. The summed E-state index contributed by atoms with van der Waals surface area (Å²) in [4.78, 5) is 72.2. The van der Waals surface area contributed by atoms with Crippen LogP contribution < -0.4 is 26.4 Å². The first-order chi connectivity index (χ1) is 22.3. The molecule has 0 radical (unpaired) electrons. The smallest absolute Gasteiger partial charge is 0.352 e. The van der Waals surface area contributed by atoms with E-state index in [2.05, 4.69) is 25.1 Å². The second kappa shape index (κ2) is 14.0. The largest absolute Gasteiger partial charge is 0.503 e. The number of β-lactam (4-membered cyclic amide) rings is 1. The van der Waals surface area contributed by atoms with Crippen LogP contribution in [0.2, 0.25) is 0 Å². The number of carbonyl (C=O) groups excluding carboxylic acids is 3. The summed E-state index contributed by atoms with van der Waals surface area (Å²) in [7, 11) is 4.00. The summed E-state index contributed by atoms with van der Waals surface area (Å²) < 4.78 is 2.27. The van der Waals surface area contributed by atoms with E-state index in [4.69, 9.17) is 5.73 Å². The molecule has 16 nitrogen and oxygen atoms in total. The maximum Gasteiger partial charge on any atom is 0.352 e. The van der Waals surface area contributed by atoms with Crippen molar-refractivity contribution >= 4 is 63.7 Å². The van der Waals surface area contributed by atoms with E-state index < -0.39 is 58.0 Å². The van der Waals surface area contributed by atoms with E-state index in [0.29, 0.717) is 29.3 Å². The minimum atomic E-state index is -1.51. The molecule has 1 unspecified atom stereocenters. The average molecular weight is 704 g/mol. The van der Waals surface area contributed by atoms with Crippen molar-refractivity contribution in [3.05, 3.63) is 75.1 Å². The molecule has 3 atom stereocenters. The van der Waals surface area contributed by atoms with E-state index in [1.54, 1.807) is 0 Å². The molecule has 3 aromatic rings. The van der Waals surface area contributed by atoms with Crippen molar-refractivity contribution in [2.24, 2.45) is 0 Å². The average Bonchev–Trinajstić information content (AvgIpc) is 3.47. The third kappa shape index (κ3) is 7.37. The van der Waals surface area contributed by atoms with Crippen molar-refractivity contribution in [3.63, 3.8) is 0 Å².